The number of aromatic nitrogens is 1. The molecule has 3 aromatic carbocycles. The molecule has 8 heteroatoms. The van der Waals surface area contributed by atoms with E-state index in [4.69, 9.17) is 18.9 Å². The van der Waals surface area contributed by atoms with Crippen LogP contribution < -0.4 is 18.9 Å². The minimum Gasteiger partial charge on any atom is -0.493 e. The molecule has 5 rings (SSSR count). The van der Waals surface area contributed by atoms with Gasteiger partial charge in [-0.15, -0.1) is 0 Å². The molecule has 2 unspecified atom stereocenters. The highest BCUT2D eigenvalue weighted by molar-refractivity contribution is 6.07. The zero-order valence-corrected chi connectivity index (χ0v) is 29.7. The highest BCUT2D eigenvalue weighted by atomic mass is 16.5. The molecular weight excluding hydrogens is 604 g/mol. The Morgan fingerprint density at radius 3 is 2.17 bits per heavy atom. The van der Waals surface area contributed by atoms with Gasteiger partial charge in [0.1, 0.15) is 6.04 Å². The lowest BCUT2D eigenvalue weighted by Crippen LogP contribution is -2.43. The SMILES string of the molecule is COc1ccc(C(=O)N2CCC(c3cn(CCC(C)C)c4ccccc34)C2C(=O)c2ccc(OC)c(OC)c2CCC(C)C)cc1OC. The number of carbonyl (C=O) groups excluding carboxylic acids is 2. The van der Waals surface area contributed by atoms with E-state index in [0.29, 0.717) is 65.3 Å². The van der Waals surface area contributed by atoms with Gasteiger partial charge in [0.2, 0.25) is 0 Å². The topological polar surface area (TPSA) is 79.2 Å². The Kier molecular flexibility index (Phi) is 11.0. The van der Waals surface area contributed by atoms with Crippen LogP contribution >= 0.6 is 0 Å². The molecule has 0 radical (unpaired) electrons. The van der Waals surface area contributed by atoms with Crippen molar-refractivity contribution in [3.63, 3.8) is 0 Å². The summed E-state index contributed by atoms with van der Waals surface area (Å²) in [4.78, 5) is 31.3. The molecule has 1 aliphatic heterocycles. The highest BCUT2D eigenvalue weighted by Crippen LogP contribution is 2.43. The standard InChI is InChI=1S/C40H50N2O6/c1-25(2)13-15-31-30(16-18-35(46-6)39(31)48-8)38(43)37-29(32-24-41(21-19-26(3)4)33-12-10-9-11-28(32)33)20-22-42(37)40(44)27-14-17-34(45-5)36(23-27)47-7/h9-12,14,16-18,23-26,29,37H,13,15,19-22H2,1-8H3. The number of amides is 1. The minimum absolute atomic E-state index is 0.0925. The maximum Gasteiger partial charge on any atom is 0.254 e. The number of methoxy groups -OCH3 is 4. The van der Waals surface area contributed by atoms with E-state index in [-0.39, 0.29) is 17.6 Å². The lowest BCUT2D eigenvalue weighted by molar-refractivity contribution is 0.0661. The van der Waals surface area contributed by atoms with E-state index in [1.807, 2.05) is 6.07 Å². The third kappa shape index (κ3) is 6.89. The van der Waals surface area contributed by atoms with E-state index < -0.39 is 6.04 Å². The summed E-state index contributed by atoms with van der Waals surface area (Å²) in [5.74, 6) is 2.61. The number of para-hydroxylation sites is 1. The zero-order chi connectivity index (χ0) is 34.5. The number of aryl methyl sites for hydroxylation is 1. The fraction of sp³-hybridized carbons (Fsp3) is 0.450. The molecule has 0 bridgehead atoms. The number of ether oxygens (including phenoxy) is 4. The van der Waals surface area contributed by atoms with E-state index in [0.717, 1.165) is 41.4 Å². The first-order valence-electron chi connectivity index (χ1n) is 17.0. The van der Waals surface area contributed by atoms with Gasteiger partial charge >= 0.3 is 0 Å². The number of ketones is 1. The molecule has 256 valence electrons. The van der Waals surface area contributed by atoms with Gasteiger partial charge < -0.3 is 28.4 Å². The van der Waals surface area contributed by atoms with Gasteiger partial charge in [0, 0.05) is 52.8 Å². The molecule has 1 aromatic heterocycles. The number of hydrogen-bond acceptors (Lipinski definition) is 6. The maximum atomic E-state index is 15.1. The van der Waals surface area contributed by atoms with Gasteiger partial charge in [-0.1, -0.05) is 45.9 Å². The summed E-state index contributed by atoms with van der Waals surface area (Å²) in [5.41, 5.74) is 4.07. The van der Waals surface area contributed by atoms with Gasteiger partial charge in [0.05, 0.1) is 28.4 Å². The molecule has 48 heavy (non-hydrogen) atoms. The summed E-state index contributed by atoms with van der Waals surface area (Å²) in [5, 5.41) is 1.12. The van der Waals surface area contributed by atoms with Gasteiger partial charge in [-0.2, -0.15) is 0 Å². The molecule has 4 aromatic rings. The molecule has 1 fully saturated rings. The Balaban J connectivity index is 1.66. The predicted octanol–water partition coefficient (Wildman–Crippen LogP) is 8.19. The molecule has 0 N–H and O–H groups in total. The van der Waals surface area contributed by atoms with Gasteiger partial charge in [0.15, 0.2) is 28.8 Å². The van der Waals surface area contributed by atoms with Crippen molar-refractivity contribution >= 4 is 22.6 Å². The van der Waals surface area contributed by atoms with Crippen LogP contribution in [0.4, 0.5) is 0 Å². The third-order valence-electron chi connectivity index (χ3n) is 9.61. The van der Waals surface area contributed by atoms with E-state index in [1.54, 1.807) is 57.6 Å². The van der Waals surface area contributed by atoms with Crippen molar-refractivity contribution in [1.82, 2.24) is 9.47 Å². The molecule has 2 atom stereocenters. The number of likely N-dealkylation sites (tertiary alicyclic amines) is 1. The van der Waals surface area contributed by atoms with Crippen molar-refractivity contribution in [2.75, 3.05) is 35.0 Å². The molecule has 1 saturated heterocycles. The van der Waals surface area contributed by atoms with Gasteiger partial charge in [-0.25, -0.2) is 0 Å². The number of benzene rings is 3. The highest BCUT2D eigenvalue weighted by Gasteiger charge is 2.45. The van der Waals surface area contributed by atoms with Crippen LogP contribution in [-0.2, 0) is 13.0 Å². The molecule has 0 spiro atoms. The summed E-state index contributed by atoms with van der Waals surface area (Å²) in [6, 6.07) is 16.5. The number of nitrogens with zero attached hydrogens (tertiary/aromatic N) is 2. The van der Waals surface area contributed by atoms with Crippen LogP contribution in [0, 0.1) is 11.8 Å². The predicted molar refractivity (Wildman–Crippen MR) is 190 cm³/mol. The number of rotatable bonds is 14. The Bertz CT molecular complexity index is 1760. The molecular formula is C40H50N2O6. The number of hydrogen-bond donors (Lipinski definition) is 0. The first-order valence-corrected chi connectivity index (χ1v) is 17.0. The van der Waals surface area contributed by atoms with Crippen molar-refractivity contribution in [3.05, 3.63) is 83.0 Å². The van der Waals surface area contributed by atoms with Crippen LogP contribution in [0.15, 0.2) is 60.8 Å². The average molecular weight is 655 g/mol. The van der Waals surface area contributed by atoms with Crippen LogP contribution in [0.1, 0.15) is 84.7 Å². The van der Waals surface area contributed by atoms with Gasteiger partial charge in [-0.05, 0) is 79.5 Å². The van der Waals surface area contributed by atoms with E-state index >= 15 is 4.79 Å². The second kappa shape index (κ2) is 15.2. The summed E-state index contributed by atoms with van der Waals surface area (Å²) in [6.45, 7) is 10.1. The largest absolute Gasteiger partial charge is 0.493 e. The maximum absolute atomic E-state index is 15.1. The zero-order valence-electron chi connectivity index (χ0n) is 29.7. The second-order valence-corrected chi connectivity index (χ2v) is 13.5. The Morgan fingerprint density at radius 1 is 0.812 bits per heavy atom. The first-order chi connectivity index (χ1) is 23.1. The Morgan fingerprint density at radius 2 is 1.50 bits per heavy atom. The van der Waals surface area contributed by atoms with Crippen molar-refractivity contribution in [2.24, 2.45) is 11.8 Å². The monoisotopic (exact) mass is 654 g/mol. The lowest BCUT2D eigenvalue weighted by Gasteiger charge is -2.29. The van der Waals surface area contributed by atoms with E-state index in [9.17, 15) is 4.79 Å². The average Bonchev–Trinajstić information content (AvgIpc) is 3.70. The molecule has 0 aliphatic carbocycles. The summed E-state index contributed by atoms with van der Waals surface area (Å²) >= 11 is 0. The number of fused-ring (bicyclic) bond motifs is 1. The minimum atomic E-state index is -0.731. The number of carbonyl (C=O) groups is 2. The number of Topliss-reactive ketones (excluding diaryl/α,β-unsaturated/α-hetero) is 1. The summed E-state index contributed by atoms with van der Waals surface area (Å²) < 4.78 is 24.8. The molecule has 2 heterocycles. The van der Waals surface area contributed by atoms with Gasteiger partial charge in [-0.3, -0.25) is 9.59 Å². The summed E-state index contributed by atoms with van der Waals surface area (Å²) in [7, 11) is 6.34. The second-order valence-electron chi connectivity index (χ2n) is 13.5. The van der Waals surface area contributed by atoms with Gasteiger partial charge in [0.25, 0.3) is 5.91 Å². The van der Waals surface area contributed by atoms with Crippen molar-refractivity contribution in [1.29, 1.82) is 0 Å². The van der Waals surface area contributed by atoms with E-state index in [2.05, 4.69) is 62.7 Å². The fourth-order valence-corrected chi connectivity index (χ4v) is 7.02. The molecule has 1 amide bonds. The fourth-order valence-electron chi connectivity index (χ4n) is 7.02. The van der Waals surface area contributed by atoms with Crippen LogP contribution in [0.3, 0.4) is 0 Å². The normalized spacial score (nSPS) is 16.2. The van der Waals surface area contributed by atoms with Crippen LogP contribution in [0.5, 0.6) is 23.0 Å². The van der Waals surface area contributed by atoms with Crippen LogP contribution in [0.2, 0.25) is 0 Å². The third-order valence-corrected chi connectivity index (χ3v) is 9.61. The van der Waals surface area contributed by atoms with Crippen molar-refractivity contribution in [3.8, 4) is 23.0 Å². The molecule has 1 aliphatic rings. The van der Waals surface area contributed by atoms with E-state index in [1.165, 1.54) is 0 Å². The summed E-state index contributed by atoms with van der Waals surface area (Å²) in [6.07, 6.45) is 5.43. The first kappa shape index (κ1) is 34.9. The lowest BCUT2D eigenvalue weighted by atomic mass is 9.84. The Labute approximate surface area is 284 Å². The molecule has 8 nitrogen and oxygen atoms in total. The van der Waals surface area contributed by atoms with Crippen molar-refractivity contribution < 1.29 is 28.5 Å². The van der Waals surface area contributed by atoms with Crippen LogP contribution in [-0.4, -0.2) is 62.2 Å². The quantitative estimate of drug-likeness (QED) is 0.128. The molecule has 0 saturated carbocycles. The smallest absolute Gasteiger partial charge is 0.254 e. The van der Waals surface area contributed by atoms with Crippen LogP contribution in [0.25, 0.3) is 10.9 Å². The van der Waals surface area contributed by atoms with Crippen molar-refractivity contribution in [2.45, 2.75) is 71.9 Å². The Hall–Kier alpha value is -4.46.